The SMILES string of the molecule is Cc1cccc(N2C(=N)SC3CS(=O)(=O)CC32)c1C. The molecule has 6 heteroatoms. The standard InChI is InChI=1S/C13H16N2O2S2/c1-8-4-3-5-10(9(8)2)15-11-6-19(16,17)7-12(11)18-13(15)14/h3-5,11-12,14H,6-7H2,1-2H3. The molecule has 3 rings (SSSR count). The van der Waals surface area contributed by atoms with E-state index in [0.29, 0.717) is 5.17 Å². The number of amidine groups is 1. The van der Waals surface area contributed by atoms with Gasteiger partial charge in [-0.05, 0) is 31.0 Å². The van der Waals surface area contributed by atoms with Gasteiger partial charge in [-0.15, -0.1) is 0 Å². The van der Waals surface area contributed by atoms with E-state index in [4.69, 9.17) is 5.41 Å². The van der Waals surface area contributed by atoms with Crippen LogP contribution in [0.5, 0.6) is 0 Å². The lowest BCUT2D eigenvalue weighted by molar-refractivity contribution is 0.601. The van der Waals surface area contributed by atoms with E-state index in [1.165, 1.54) is 17.3 Å². The molecule has 0 spiro atoms. The summed E-state index contributed by atoms with van der Waals surface area (Å²) >= 11 is 1.39. The van der Waals surface area contributed by atoms with Crippen molar-refractivity contribution < 1.29 is 8.42 Å². The van der Waals surface area contributed by atoms with Gasteiger partial charge < -0.3 is 4.90 Å². The molecule has 19 heavy (non-hydrogen) atoms. The van der Waals surface area contributed by atoms with Gasteiger partial charge in [-0.1, -0.05) is 23.9 Å². The van der Waals surface area contributed by atoms with Crippen molar-refractivity contribution in [3.05, 3.63) is 29.3 Å². The first kappa shape index (κ1) is 13.0. The molecule has 2 unspecified atom stereocenters. The average Bonchev–Trinajstić information content (AvgIpc) is 2.73. The minimum absolute atomic E-state index is 0.0115. The fourth-order valence-corrected chi connectivity index (χ4v) is 6.57. The number of hydrogen-bond acceptors (Lipinski definition) is 4. The third-order valence-electron chi connectivity index (χ3n) is 3.92. The summed E-state index contributed by atoms with van der Waals surface area (Å²) in [4.78, 5) is 1.90. The van der Waals surface area contributed by atoms with Gasteiger partial charge in [0.25, 0.3) is 0 Å². The van der Waals surface area contributed by atoms with E-state index in [9.17, 15) is 8.42 Å². The number of benzene rings is 1. The van der Waals surface area contributed by atoms with Crippen molar-refractivity contribution in [2.24, 2.45) is 0 Å². The summed E-state index contributed by atoms with van der Waals surface area (Å²) in [7, 11) is -2.95. The third-order valence-corrected chi connectivity index (χ3v) is 7.05. The van der Waals surface area contributed by atoms with E-state index in [-0.39, 0.29) is 22.8 Å². The molecule has 2 atom stereocenters. The first-order valence-electron chi connectivity index (χ1n) is 6.20. The molecule has 2 aliphatic rings. The molecular formula is C13H16N2O2S2. The number of sulfone groups is 1. The van der Waals surface area contributed by atoms with Crippen LogP contribution in [0.3, 0.4) is 0 Å². The third kappa shape index (κ3) is 2.07. The Bertz CT molecular complexity index is 655. The predicted molar refractivity (Wildman–Crippen MR) is 79.9 cm³/mol. The molecule has 1 N–H and O–H groups in total. The molecule has 2 heterocycles. The molecule has 0 aromatic heterocycles. The molecule has 0 saturated carbocycles. The van der Waals surface area contributed by atoms with E-state index in [1.807, 2.05) is 36.9 Å². The van der Waals surface area contributed by atoms with Crippen molar-refractivity contribution >= 4 is 32.5 Å². The fourth-order valence-electron chi connectivity index (χ4n) is 2.79. The van der Waals surface area contributed by atoms with Gasteiger partial charge in [0.15, 0.2) is 15.0 Å². The average molecular weight is 296 g/mol. The quantitative estimate of drug-likeness (QED) is 0.860. The Balaban J connectivity index is 2.05. The summed E-state index contributed by atoms with van der Waals surface area (Å²) in [6.07, 6.45) is 0. The number of fused-ring (bicyclic) bond motifs is 1. The zero-order chi connectivity index (χ0) is 13.8. The van der Waals surface area contributed by atoms with E-state index in [2.05, 4.69) is 0 Å². The van der Waals surface area contributed by atoms with Crippen molar-refractivity contribution in [1.29, 1.82) is 5.41 Å². The zero-order valence-corrected chi connectivity index (χ0v) is 12.5. The van der Waals surface area contributed by atoms with E-state index < -0.39 is 9.84 Å². The summed E-state index contributed by atoms with van der Waals surface area (Å²) in [5, 5.41) is 8.61. The molecule has 1 aromatic rings. The Morgan fingerprint density at radius 2 is 2.05 bits per heavy atom. The smallest absolute Gasteiger partial charge is 0.161 e. The second-order valence-corrected chi connectivity index (χ2v) is 8.58. The van der Waals surface area contributed by atoms with Crippen LogP contribution >= 0.6 is 11.8 Å². The van der Waals surface area contributed by atoms with Crippen molar-refractivity contribution in [3.63, 3.8) is 0 Å². The number of hydrogen-bond donors (Lipinski definition) is 1. The molecule has 1 aromatic carbocycles. The highest BCUT2D eigenvalue weighted by Gasteiger charge is 2.48. The molecule has 0 amide bonds. The first-order chi connectivity index (χ1) is 8.89. The summed E-state index contributed by atoms with van der Waals surface area (Å²) in [5.74, 6) is 0.368. The predicted octanol–water partition coefficient (Wildman–Crippen LogP) is 1.96. The van der Waals surface area contributed by atoms with Crippen LogP contribution in [0, 0.1) is 19.3 Å². The van der Waals surface area contributed by atoms with Crippen LogP contribution in [0.25, 0.3) is 0 Å². The Hall–Kier alpha value is -1.01. The normalized spacial score (nSPS) is 28.7. The Morgan fingerprint density at radius 1 is 1.32 bits per heavy atom. The van der Waals surface area contributed by atoms with E-state index in [0.717, 1.165) is 11.3 Å². The maximum atomic E-state index is 11.8. The van der Waals surface area contributed by atoms with Crippen LogP contribution in [0.2, 0.25) is 0 Å². The number of thioether (sulfide) groups is 1. The van der Waals surface area contributed by atoms with Crippen LogP contribution < -0.4 is 4.90 Å². The van der Waals surface area contributed by atoms with Crippen molar-refractivity contribution in [2.75, 3.05) is 16.4 Å². The highest BCUT2D eigenvalue weighted by molar-refractivity contribution is 8.15. The van der Waals surface area contributed by atoms with Crippen LogP contribution in [0.4, 0.5) is 5.69 Å². The van der Waals surface area contributed by atoms with Crippen molar-refractivity contribution in [2.45, 2.75) is 25.1 Å². The highest BCUT2D eigenvalue weighted by atomic mass is 32.2. The topological polar surface area (TPSA) is 61.2 Å². The van der Waals surface area contributed by atoms with Crippen LogP contribution in [-0.2, 0) is 9.84 Å². The van der Waals surface area contributed by atoms with E-state index in [1.54, 1.807) is 0 Å². The van der Waals surface area contributed by atoms with Crippen LogP contribution in [0.1, 0.15) is 11.1 Å². The monoisotopic (exact) mass is 296 g/mol. The molecule has 0 aliphatic carbocycles. The second-order valence-electron chi connectivity index (χ2n) is 5.19. The summed E-state index contributed by atoms with van der Waals surface area (Å²) < 4.78 is 23.5. The summed E-state index contributed by atoms with van der Waals surface area (Å²) in [6.45, 7) is 4.06. The maximum Gasteiger partial charge on any atom is 0.161 e. The fraction of sp³-hybridized carbons (Fsp3) is 0.462. The number of rotatable bonds is 1. The molecule has 2 saturated heterocycles. The molecular weight excluding hydrogens is 280 g/mol. The molecule has 4 nitrogen and oxygen atoms in total. The summed E-state index contributed by atoms with van der Waals surface area (Å²) in [5.41, 5.74) is 3.26. The number of anilines is 1. The van der Waals surface area contributed by atoms with Gasteiger partial charge in [0, 0.05) is 10.9 Å². The molecule has 102 valence electrons. The molecule has 0 bridgehead atoms. The Labute approximate surface area is 117 Å². The zero-order valence-electron chi connectivity index (χ0n) is 10.9. The van der Waals surface area contributed by atoms with Gasteiger partial charge in [-0.2, -0.15) is 0 Å². The van der Waals surface area contributed by atoms with Crippen molar-refractivity contribution in [3.8, 4) is 0 Å². The van der Waals surface area contributed by atoms with Gasteiger partial charge in [0.1, 0.15) is 0 Å². The maximum absolute atomic E-state index is 11.8. The summed E-state index contributed by atoms with van der Waals surface area (Å²) in [6, 6.07) is 5.90. The Morgan fingerprint density at radius 3 is 2.79 bits per heavy atom. The lowest BCUT2D eigenvalue weighted by Gasteiger charge is -2.26. The number of nitrogens with zero attached hydrogens (tertiary/aromatic N) is 1. The molecule has 2 aliphatic heterocycles. The van der Waals surface area contributed by atoms with Gasteiger partial charge >= 0.3 is 0 Å². The second kappa shape index (κ2) is 4.24. The van der Waals surface area contributed by atoms with Gasteiger partial charge in [-0.3, -0.25) is 5.41 Å². The lowest BCUT2D eigenvalue weighted by Crippen LogP contribution is -2.37. The minimum atomic E-state index is -2.95. The number of nitrogens with one attached hydrogen (secondary N) is 1. The molecule has 2 fully saturated rings. The Kier molecular flexibility index (Phi) is 2.90. The van der Waals surface area contributed by atoms with Gasteiger partial charge in [0.2, 0.25) is 0 Å². The van der Waals surface area contributed by atoms with Gasteiger partial charge in [0.05, 0.1) is 17.5 Å². The minimum Gasteiger partial charge on any atom is -0.316 e. The molecule has 0 radical (unpaired) electrons. The van der Waals surface area contributed by atoms with Crippen molar-refractivity contribution in [1.82, 2.24) is 0 Å². The largest absolute Gasteiger partial charge is 0.316 e. The number of aryl methyl sites for hydroxylation is 1. The van der Waals surface area contributed by atoms with Crippen LogP contribution in [-0.4, -0.2) is 36.4 Å². The van der Waals surface area contributed by atoms with Gasteiger partial charge in [-0.25, -0.2) is 8.42 Å². The highest BCUT2D eigenvalue weighted by Crippen LogP contribution is 2.41. The lowest BCUT2D eigenvalue weighted by atomic mass is 10.1. The van der Waals surface area contributed by atoms with E-state index >= 15 is 0 Å². The first-order valence-corrected chi connectivity index (χ1v) is 8.90. The van der Waals surface area contributed by atoms with Crippen LogP contribution in [0.15, 0.2) is 18.2 Å².